The molecule has 1 amide bonds. The Morgan fingerprint density at radius 3 is 2.54 bits per heavy atom. The van der Waals surface area contributed by atoms with Crippen LogP contribution >= 0.6 is 23.2 Å². The first kappa shape index (κ1) is 18.3. The summed E-state index contributed by atoms with van der Waals surface area (Å²) in [5.41, 5.74) is 0.789. The van der Waals surface area contributed by atoms with Gasteiger partial charge >= 0.3 is 0 Å². The topological polar surface area (TPSA) is 69.5 Å². The van der Waals surface area contributed by atoms with Crippen molar-refractivity contribution in [1.29, 1.82) is 5.26 Å². The lowest BCUT2D eigenvalue weighted by molar-refractivity contribution is 0.0743. The van der Waals surface area contributed by atoms with Crippen molar-refractivity contribution in [3.05, 3.63) is 51.6 Å². The second kappa shape index (κ2) is 7.81. The summed E-state index contributed by atoms with van der Waals surface area (Å²) in [7, 11) is 1.46. The van der Waals surface area contributed by atoms with Crippen LogP contribution in [0.5, 0.6) is 5.75 Å². The summed E-state index contributed by atoms with van der Waals surface area (Å²) in [6.07, 6.45) is 1.66. The maximum atomic E-state index is 12.9. The van der Waals surface area contributed by atoms with Crippen LogP contribution in [-0.2, 0) is 0 Å². The lowest BCUT2D eigenvalue weighted by Gasteiger charge is -2.36. The van der Waals surface area contributed by atoms with Crippen LogP contribution in [0.1, 0.15) is 15.9 Å². The summed E-state index contributed by atoms with van der Waals surface area (Å²) in [5, 5.41) is 9.87. The maximum Gasteiger partial charge on any atom is 0.259 e. The van der Waals surface area contributed by atoms with E-state index in [0.29, 0.717) is 47.6 Å². The van der Waals surface area contributed by atoms with Crippen LogP contribution in [0, 0.1) is 11.3 Å². The van der Waals surface area contributed by atoms with E-state index in [-0.39, 0.29) is 17.2 Å². The van der Waals surface area contributed by atoms with Crippen molar-refractivity contribution in [1.82, 2.24) is 9.88 Å². The van der Waals surface area contributed by atoms with E-state index < -0.39 is 0 Å². The molecule has 1 fully saturated rings. The number of carbonyl (C=O) groups is 1. The largest absolute Gasteiger partial charge is 0.494 e. The maximum absolute atomic E-state index is 12.9. The molecule has 1 aromatic carbocycles. The zero-order valence-electron chi connectivity index (χ0n) is 14.1. The first-order valence-corrected chi connectivity index (χ1v) is 8.73. The molecule has 0 aliphatic carbocycles. The summed E-state index contributed by atoms with van der Waals surface area (Å²) in [6, 6.07) is 8.80. The number of methoxy groups -OCH3 is 1. The molecule has 6 nitrogen and oxygen atoms in total. The smallest absolute Gasteiger partial charge is 0.259 e. The number of amides is 1. The van der Waals surface area contributed by atoms with Gasteiger partial charge < -0.3 is 14.5 Å². The van der Waals surface area contributed by atoms with Crippen molar-refractivity contribution < 1.29 is 9.53 Å². The third kappa shape index (κ3) is 3.41. The van der Waals surface area contributed by atoms with Gasteiger partial charge in [0.05, 0.1) is 22.7 Å². The van der Waals surface area contributed by atoms with Crippen molar-refractivity contribution in [2.24, 2.45) is 0 Å². The highest BCUT2D eigenvalue weighted by molar-refractivity contribution is 6.37. The first-order valence-electron chi connectivity index (χ1n) is 7.98. The third-order valence-corrected chi connectivity index (χ3v) is 4.86. The fourth-order valence-corrected chi connectivity index (χ4v) is 3.41. The molecule has 2 heterocycles. The number of pyridine rings is 1. The monoisotopic (exact) mass is 390 g/mol. The van der Waals surface area contributed by atoms with Gasteiger partial charge in [-0.05, 0) is 24.3 Å². The van der Waals surface area contributed by atoms with Gasteiger partial charge in [0.25, 0.3) is 5.91 Å². The van der Waals surface area contributed by atoms with Gasteiger partial charge in [-0.15, -0.1) is 0 Å². The van der Waals surface area contributed by atoms with E-state index >= 15 is 0 Å². The normalized spacial score (nSPS) is 14.1. The molecule has 0 bridgehead atoms. The Kier molecular flexibility index (Phi) is 5.50. The number of anilines is 1. The number of benzene rings is 1. The van der Waals surface area contributed by atoms with Crippen LogP contribution in [0.4, 0.5) is 5.82 Å². The van der Waals surface area contributed by atoms with Crippen LogP contribution < -0.4 is 9.64 Å². The van der Waals surface area contributed by atoms with Crippen LogP contribution in [0.3, 0.4) is 0 Å². The number of ether oxygens (including phenoxy) is 1. The molecule has 1 aliphatic heterocycles. The van der Waals surface area contributed by atoms with Crippen molar-refractivity contribution >= 4 is 34.9 Å². The second-order valence-corrected chi connectivity index (χ2v) is 6.52. The lowest BCUT2D eigenvalue weighted by Crippen LogP contribution is -2.49. The minimum Gasteiger partial charge on any atom is -0.494 e. The molecule has 1 aromatic heterocycles. The van der Waals surface area contributed by atoms with Gasteiger partial charge in [-0.2, -0.15) is 5.26 Å². The summed E-state index contributed by atoms with van der Waals surface area (Å²) in [4.78, 5) is 20.9. The van der Waals surface area contributed by atoms with E-state index in [1.54, 1.807) is 35.4 Å². The summed E-state index contributed by atoms with van der Waals surface area (Å²) in [6.45, 7) is 2.09. The van der Waals surface area contributed by atoms with E-state index in [9.17, 15) is 10.1 Å². The minimum atomic E-state index is -0.226. The number of hydrogen-bond acceptors (Lipinski definition) is 5. The fourth-order valence-electron chi connectivity index (χ4n) is 2.95. The van der Waals surface area contributed by atoms with Gasteiger partial charge in [-0.3, -0.25) is 4.79 Å². The molecule has 2 aromatic rings. The number of nitriles is 1. The van der Waals surface area contributed by atoms with Crippen LogP contribution in [0.15, 0.2) is 30.5 Å². The summed E-state index contributed by atoms with van der Waals surface area (Å²) >= 11 is 12.3. The van der Waals surface area contributed by atoms with E-state index in [1.165, 1.54) is 7.11 Å². The van der Waals surface area contributed by atoms with Gasteiger partial charge in [0, 0.05) is 32.4 Å². The molecule has 0 saturated carbocycles. The van der Waals surface area contributed by atoms with Crippen molar-refractivity contribution in [2.75, 3.05) is 38.2 Å². The molecule has 3 rings (SSSR count). The Labute approximate surface area is 161 Å². The molecular formula is C18H16Cl2N4O2. The number of nitrogens with zero attached hydrogens (tertiary/aromatic N) is 4. The van der Waals surface area contributed by atoms with Crippen LogP contribution in [0.2, 0.25) is 10.0 Å². The van der Waals surface area contributed by atoms with E-state index in [1.807, 2.05) is 4.90 Å². The van der Waals surface area contributed by atoms with E-state index in [0.717, 1.165) is 0 Å². The summed E-state index contributed by atoms with van der Waals surface area (Å²) < 4.78 is 5.27. The number of piperazine rings is 1. The average Bonchev–Trinajstić information content (AvgIpc) is 2.69. The third-order valence-electron chi connectivity index (χ3n) is 4.25. The molecular weight excluding hydrogens is 375 g/mol. The average molecular weight is 391 g/mol. The predicted octanol–water partition coefficient (Wildman–Crippen LogP) is 3.23. The van der Waals surface area contributed by atoms with Crippen molar-refractivity contribution in [3.8, 4) is 11.8 Å². The van der Waals surface area contributed by atoms with Gasteiger partial charge in [0.2, 0.25) is 0 Å². The molecule has 0 N–H and O–H groups in total. The Morgan fingerprint density at radius 2 is 1.88 bits per heavy atom. The molecule has 134 valence electrons. The fraction of sp³-hybridized carbons (Fsp3) is 0.278. The molecule has 0 atom stereocenters. The lowest BCUT2D eigenvalue weighted by atomic mass is 10.1. The number of rotatable bonds is 3. The Hall–Kier alpha value is -2.49. The van der Waals surface area contributed by atoms with E-state index in [2.05, 4.69) is 11.1 Å². The molecule has 1 saturated heterocycles. The highest BCUT2D eigenvalue weighted by Gasteiger charge is 2.28. The summed E-state index contributed by atoms with van der Waals surface area (Å²) in [5.74, 6) is 0.694. The highest BCUT2D eigenvalue weighted by Crippen LogP contribution is 2.35. The second-order valence-electron chi connectivity index (χ2n) is 5.70. The zero-order valence-corrected chi connectivity index (χ0v) is 15.6. The van der Waals surface area contributed by atoms with Gasteiger partial charge in [-0.25, -0.2) is 4.98 Å². The molecule has 0 unspecified atom stereocenters. The Balaban J connectivity index is 1.78. The van der Waals surface area contributed by atoms with Crippen LogP contribution in [-0.4, -0.2) is 49.1 Å². The van der Waals surface area contributed by atoms with Gasteiger partial charge in [0.1, 0.15) is 17.5 Å². The first-order chi connectivity index (χ1) is 12.6. The van der Waals surface area contributed by atoms with Crippen LogP contribution in [0.25, 0.3) is 0 Å². The molecule has 1 aliphatic rings. The number of hydrogen-bond donors (Lipinski definition) is 0. The molecule has 8 heteroatoms. The number of carbonyl (C=O) groups excluding carboxylic acids is 1. The quantitative estimate of drug-likeness (QED) is 0.804. The highest BCUT2D eigenvalue weighted by atomic mass is 35.5. The van der Waals surface area contributed by atoms with E-state index in [4.69, 9.17) is 27.9 Å². The molecule has 0 radical (unpaired) electrons. The molecule has 0 spiro atoms. The zero-order chi connectivity index (χ0) is 18.7. The van der Waals surface area contributed by atoms with Gasteiger partial charge in [0.15, 0.2) is 5.75 Å². The Bertz CT molecular complexity index is 874. The Morgan fingerprint density at radius 1 is 1.19 bits per heavy atom. The minimum absolute atomic E-state index is 0.226. The van der Waals surface area contributed by atoms with Crippen molar-refractivity contribution in [3.63, 3.8) is 0 Å². The molecule has 26 heavy (non-hydrogen) atoms. The predicted molar refractivity (Wildman–Crippen MR) is 100 cm³/mol. The van der Waals surface area contributed by atoms with Gasteiger partial charge in [-0.1, -0.05) is 23.2 Å². The number of halogens is 2. The number of aromatic nitrogens is 1. The SMILES string of the molecule is COc1c(Cl)ccc(Cl)c1C(=O)N1CCN(c2ncccc2C#N)CC1. The standard InChI is InChI=1S/C18H16Cl2N4O2/c1-26-16-14(20)5-4-13(19)15(16)18(25)24-9-7-23(8-10-24)17-12(11-21)3-2-6-22-17/h2-6H,7-10H2,1H3. The van der Waals surface area contributed by atoms with Crippen molar-refractivity contribution in [2.45, 2.75) is 0 Å².